The minimum absolute atomic E-state index is 0.124. The van der Waals surface area contributed by atoms with E-state index >= 15 is 0 Å². The maximum atomic E-state index is 12.7. The minimum Gasteiger partial charge on any atom is -0.393 e. The number of fused-ring (bicyclic) bond motifs is 5. The zero-order valence-corrected chi connectivity index (χ0v) is 13.4. The average molecular weight is 292 g/mol. The summed E-state index contributed by atoms with van der Waals surface area (Å²) in [6.45, 7) is 4.47. The lowest BCUT2D eigenvalue weighted by molar-refractivity contribution is -0.142. The third kappa shape index (κ3) is 1.84. The number of aliphatic hydroxyl groups is 1. The van der Waals surface area contributed by atoms with Gasteiger partial charge >= 0.3 is 0 Å². The molecule has 4 saturated carbocycles. The Kier molecular flexibility index (Phi) is 2.63. The summed E-state index contributed by atoms with van der Waals surface area (Å²) in [5, 5.41) is 10.1. The van der Waals surface area contributed by atoms with Crippen molar-refractivity contribution in [2.75, 3.05) is 0 Å². The number of hydrogen-bond acceptors (Lipinski definition) is 2. The number of rotatable bonds is 0. The monoisotopic (exact) mass is 292 g/mol. The molecule has 0 heterocycles. The minimum atomic E-state index is -1.62. The molecule has 2 heteroatoms. The van der Waals surface area contributed by atoms with E-state index < -0.39 is 11.8 Å². The molecular formula is C19H30O2. The van der Waals surface area contributed by atoms with Crippen LogP contribution in [-0.4, -0.2) is 17.0 Å². The van der Waals surface area contributed by atoms with Crippen LogP contribution in [0.3, 0.4) is 0 Å². The Morgan fingerprint density at radius 3 is 2.71 bits per heavy atom. The molecule has 0 saturated heterocycles. The summed E-state index contributed by atoms with van der Waals surface area (Å²) in [5.41, 5.74) is -0.135. The van der Waals surface area contributed by atoms with E-state index in [4.69, 9.17) is 2.74 Å². The van der Waals surface area contributed by atoms with E-state index in [1.54, 1.807) is 0 Å². The molecule has 118 valence electrons. The van der Waals surface area contributed by atoms with E-state index in [2.05, 4.69) is 6.92 Å². The molecule has 0 aromatic rings. The van der Waals surface area contributed by atoms with Gasteiger partial charge in [-0.15, -0.1) is 0 Å². The Hall–Kier alpha value is -0.370. The van der Waals surface area contributed by atoms with Crippen LogP contribution < -0.4 is 0 Å². The first-order chi connectivity index (χ1) is 10.7. The Bertz CT molecular complexity index is 533. The van der Waals surface area contributed by atoms with Crippen molar-refractivity contribution in [2.45, 2.75) is 77.7 Å². The largest absolute Gasteiger partial charge is 0.393 e. The van der Waals surface area contributed by atoms with Crippen molar-refractivity contribution < 1.29 is 12.6 Å². The first kappa shape index (κ1) is 12.1. The molecule has 4 aliphatic carbocycles. The molecule has 4 aliphatic rings. The quantitative estimate of drug-likeness (QED) is 0.734. The molecular weight excluding hydrogens is 260 g/mol. The van der Waals surface area contributed by atoms with Gasteiger partial charge in [0.15, 0.2) is 0 Å². The van der Waals surface area contributed by atoms with Crippen molar-refractivity contribution in [1.82, 2.24) is 0 Å². The molecule has 0 radical (unpaired) electrons. The van der Waals surface area contributed by atoms with Gasteiger partial charge in [0, 0.05) is 14.5 Å². The van der Waals surface area contributed by atoms with E-state index in [-0.39, 0.29) is 17.8 Å². The highest BCUT2D eigenvalue weighted by atomic mass is 16.3. The number of hydrogen-bond donors (Lipinski definition) is 1. The number of aliphatic hydroxyl groups excluding tert-OH is 1. The van der Waals surface area contributed by atoms with E-state index in [0.717, 1.165) is 44.9 Å². The summed E-state index contributed by atoms with van der Waals surface area (Å²) < 4.78 is 16.3. The van der Waals surface area contributed by atoms with Crippen LogP contribution in [-0.2, 0) is 4.79 Å². The second-order valence-corrected chi connectivity index (χ2v) is 8.75. The highest BCUT2D eigenvalue weighted by Crippen LogP contribution is 2.65. The third-order valence-electron chi connectivity index (χ3n) is 8.03. The van der Waals surface area contributed by atoms with Crippen LogP contribution >= 0.6 is 0 Å². The molecule has 0 aliphatic heterocycles. The lowest BCUT2D eigenvalue weighted by Crippen LogP contribution is -2.54. The molecule has 4 rings (SSSR count). The van der Waals surface area contributed by atoms with Gasteiger partial charge in [-0.3, -0.25) is 4.79 Å². The van der Waals surface area contributed by atoms with E-state index in [0.29, 0.717) is 29.6 Å². The fourth-order valence-corrected chi connectivity index (χ4v) is 6.62. The van der Waals surface area contributed by atoms with Crippen molar-refractivity contribution >= 4 is 5.78 Å². The Morgan fingerprint density at radius 2 is 1.90 bits per heavy atom. The Labute approximate surface area is 131 Å². The zero-order chi connectivity index (χ0) is 16.6. The Morgan fingerprint density at radius 1 is 1.10 bits per heavy atom. The van der Waals surface area contributed by atoms with Gasteiger partial charge in [0.25, 0.3) is 0 Å². The average Bonchev–Trinajstić information content (AvgIpc) is 2.68. The summed E-state index contributed by atoms with van der Waals surface area (Å²) in [6, 6.07) is 0. The SMILES string of the molecule is [2H]C1([2H])C[C@H]2[C@@H]3CC[C@H]4C[C@H](O)CC[C@]4(C)[C@H]3CC[C@]2(C)C1=O. The molecule has 7 atom stereocenters. The first-order valence-corrected chi connectivity index (χ1v) is 8.91. The number of Topliss-reactive ketones (excluding diaryl/α,β-unsaturated/α-hetero) is 1. The van der Waals surface area contributed by atoms with Crippen LogP contribution in [0.1, 0.15) is 74.3 Å². The second kappa shape index (κ2) is 4.57. The van der Waals surface area contributed by atoms with Crippen molar-refractivity contribution in [3.63, 3.8) is 0 Å². The lowest BCUT2D eigenvalue weighted by atomic mass is 9.45. The molecule has 21 heavy (non-hydrogen) atoms. The zero-order valence-electron chi connectivity index (χ0n) is 15.4. The van der Waals surface area contributed by atoms with Gasteiger partial charge in [-0.2, -0.15) is 0 Å². The van der Waals surface area contributed by atoms with Crippen LogP contribution in [0.4, 0.5) is 0 Å². The molecule has 0 aromatic carbocycles. The molecule has 0 spiro atoms. The molecule has 2 nitrogen and oxygen atoms in total. The van der Waals surface area contributed by atoms with Crippen molar-refractivity contribution in [3.8, 4) is 0 Å². The fraction of sp³-hybridized carbons (Fsp3) is 0.947. The first-order valence-electron chi connectivity index (χ1n) is 9.91. The standard InChI is InChI=1S/C19H30O2/c1-18-9-7-13(20)11-12(18)3-4-14-15-5-6-17(21)19(15,2)10-8-16(14)18/h12-16,20H,3-11H2,1-2H3/t12-,13+,14-,15-,16-,18-,19-/m0/s1/i6D2. The van der Waals surface area contributed by atoms with E-state index in [1.165, 1.54) is 0 Å². The van der Waals surface area contributed by atoms with Crippen molar-refractivity contribution in [1.29, 1.82) is 0 Å². The molecule has 0 amide bonds. The highest BCUT2D eigenvalue weighted by Gasteiger charge is 2.60. The van der Waals surface area contributed by atoms with E-state index in [9.17, 15) is 9.90 Å². The van der Waals surface area contributed by atoms with Gasteiger partial charge in [-0.25, -0.2) is 0 Å². The molecule has 4 fully saturated rings. The predicted molar refractivity (Wildman–Crippen MR) is 82.7 cm³/mol. The molecule has 1 N–H and O–H groups in total. The van der Waals surface area contributed by atoms with Crippen LogP contribution in [0.2, 0.25) is 0 Å². The number of carbonyl (C=O) groups is 1. The van der Waals surface area contributed by atoms with Crippen molar-refractivity contribution in [2.24, 2.45) is 34.5 Å². The van der Waals surface area contributed by atoms with Gasteiger partial charge in [0.2, 0.25) is 0 Å². The predicted octanol–water partition coefficient (Wildman–Crippen LogP) is 3.96. The summed E-state index contributed by atoms with van der Waals surface area (Å²) in [7, 11) is 0. The summed E-state index contributed by atoms with van der Waals surface area (Å²) in [6.07, 6.45) is 5.87. The topological polar surface area (TPSA) is 37.3 Å². The third-order valence-corrected chi connectivity index (χ3v) is 8.03. The molecule has 0 unspecified atom stereocenters. The highest BCUT2D eigenvalue weighted by molar-refractivity contribution is 5.87. The summed E-state index contributed by atoms with van der Waals surface area (Å²) >= 11 is 0. The van der Waals surface area contributed by atoms with Gasteiger partial charge in [-0.05, 0) is 80.5 Å². The van der Waals surface area contributed by atoms with Crippen LogP contribution in [0.5, 0.6) is 0 Å². The number of ketones is 1. The maximum absolute atomic E-state index is 12.7. The maximum Gasteiger partial charge on any atom is 0.139 e. The van der Waals surface area contributed by atoms with Crippen LogP contribution in [0.25, 0.3) is 0 Å². The van der Waals surface area contributed by atoms with Gasteiger partial charge < -0.3 is 5.11 Å². The van der Waals surface area contributed by atoms with Gasteiger partial charge in [0.1, 0.15) is 5.78 Å². The smallest absolute Gasteiger partial charge is 0.139 e. The number of carbonyl (C=O) groups excluding carboxylic acids is 1. The molecule has 0 bridgehead atoms. The Balaban J connectivity index is 1.66. The van der Waals surface area contributed by atoms with Crippen LogP contribution in [0, 0.1) is 34.5 Å². The fourth-order valence-electron chi connectivity index (χ4n) is 6.62. The van der Waals surface area contributed by atoms with Crippen molar-refractivity contribution in [3.05, 3.63) is 0 Å². The summed E-state index contributed by atoms with van der Waals surface area (Å²) in [5.74, 6) is 1.85. The normalized spacial score (nSPS) is 60.3. The van der Waals surface area contributed by atoms with E-state index in [1.807, 2.05) is 6.92 Å². The summed E-state index contributed by atoms with van der Waals surface area (Å²) in [4.78, 5) is 12.7. The van der Waals surface area contributed by atoms with Crippen LogP contribution in [0.15, 0.2) is 0 Å². The van der Waals surface area contributed by atoms with Gasteiger partial charge in [0.05, 0.1) is 6.10 Å². The second-order valence-electron chi connectivity index (χ2n) is 8.75. The lowest BCUT2D eigenvalue weighted by Gasteiger charge is -2.60. The van der Waals surface area contributed by atoms with Gasteiger partial charge in [-0.1, -0.05) is 13.8 Å². The molecule has 0 aromatic heterocycles.